The third-order valence-electron chi connectivity index (χ3n) is 3.75. The number of benzene rings is 1. The van der Waals surface area contributed by atoms with Crippen LogP contribution in [0.25, 0.3) is 0 Å². The van der Waals surface area contributed by atoms with E-state index >= 15 is 0 Å². The SMILES string of the molecule is COc1cccc([C@@H]2CNC[C@H]2NC(=O)OC(C)(C)C)c1OC. The fourth-order valence-electron chi connectivity index (χ4n) is 2.82. The maximum atomic E-state index is 12.1. The highest BCUT2D eigenvalue weighted by atomic mass is 16.6. The molecule has 0 saturated carbocycles. The number of carbonyl (C=O) groups excluding carboxylic acids is 1. The first-order valence-corrected chi connectivity index (χ1v) is 7.77. The van der Waals surface area contributed by atoms with Crippen LogP contribution in [0.5, 0.6) is 11.5 Å². The first kappa shape index (κ1) is 17.4. The van der Waals surface area contributed by atoms with Crippen molar-refractivity contribution < 1.29 is 19.0 Å². The summed E-state index contributed by atoms with van der Waals surface area (Å²) in [7, 11) is 3.24. The number of methoxy groups -OCH3 is 2. The van der Waals surface area contributed by atoms with Crippen LogP contribution in [0, 0.1) is 0 Å². The van der Waals surface area contributed by atoms with E-state index in [9.17, 15) is 4.79 Å². The van der Waals surface area contributed by atoms with Crippen molar-refractivity contribution in [2.75, 3.05) is 27.3 Å². The maximum absolute atomic E-state index is 12.1. The molecule has 0 radical (unpaired) electrons. The zero-order valence-electron chi connectivity index (χ0n) is 14.4. The van der Waals surface area contributed by atoms with Gasteiger partial charge >= 0.3 is 6.09 Å². The quantitative estimate of drug-likeness (QED) is 0.890. The molecule has 1 amide bonds. The number of amides is 1. The van der Waals surface area contributed by atoms with Gasteiger partial charge in [0.05, 0.1) is 20.3 Å². The summed E-state index contributed by atoms with van der Waals surface area (Å²) < 4.78 is 16.2. The lowest BCUT2D eigenvalue weighted by atomic mass is 9.93. The summed E-state index contributed by atoms with van der Waals surface area (Å²) in [6, 6.07) is 5.73. The zero-order valence-corrected chi connectivity index (χ0v) is 14.4. The van der Waals surface area contributed by atoms with Crippen molar-refractivity contribution in [1.29, 1.82) is 0 Å². The topological polar surface area (TPSA) is 68.8 Å². The van der Waals surface area contributed by atoms with E-state index in [-0.39, 0.29) is 12.0 Å². The molecule has 1 aliphatic heterocycles. The molecule has 6 nitrogen and oxygen atoms in total. The second kappa shape index (κ2) is 7.08. The Morgan fingerprint density at radius 2 is 1.96 bits per heavy atom. The summed E-state index contributed by atoms with van der Waals surface area (Å²) in [4.78, 5) is 12.1. The number of hydrogen-bond donors (Lipinski definition) is 2. The van der Waals surface area contributed by atoms with E-state index in [1.807, 2.05) is 39.0 Å². The normalized spacial score (nSPS) is 20.9. The molecule has 2 rings (SSSR count). The number of para-hydroxylation sites is 1. The maximum Gasteiger partial charge on any atom is 0.407 e. The minimum Gasteiger partial charge on any atom is -0.493 e. The minimum atomic E-state index is -0.515. The van der Waals surface area contributed by atoms with Crippen LogP contribution in [0.15, 0.2) is 18.2 Å². The highest BCUT2D eigenvalue weighted by Gasteiger charge is 2.33. The van der Waals surface area contributed by atoms with E-state index in [0.29, 0.717) is 18.0 Å². The van der Waals surface area contributed by atoms with Gasteiger partial charge in [-0.05, 0) is 26.8 Å². The molecule has 0 bridgehead atoms. The van der Waals surface area contributed by atoms with Crippen molar-refractivity contribution >= 4 is 6.09 Å². The van der Waals surface area contributed by atoms with Crippen molar-refractivity contribution in [2.45, 2.75) is 38.3 Å². The first-order chi connectivity index (χ1) is 10.9. The molecule has 1 aromatic carbocycles. The molecule has 128 valence electrons. The molecule has 1 aliphatic rings. The second-order valence-electron chi connectivity index (χ2n) is 6.60. The Bertz CT molecular complexity index is 554. The van der Waals surface area contributed by atoms with Crippen LogP contribution in [-0.4, -0.2) is 45.0 Å². The number of hydrogen-bond acceptors (Lipinski definition) is 5. The average molecular weight is 322 g/mol. The van der Waals surface area contributed by atoms with Crippen molar-refractivity contribution in [1.82, 2.24) is 10.6 Å². The summed E-state index contributed by atoms with van der Waals surface area (Å²) in [6.45, 7) is 6.99. The molecule has 6 heteroatoms. The van der Waals surface area contributed by atoms with Gasteiger partial charge in [-0.1, -0.05) is 12.1 Å². The molecule has 1 heterocycles. The molecule has 0 aromatic heterocycles. The van der Waals surface area contributed by atoms with E-state index in [4.69, 9.17) is 14.2 Å². The van der Waals surface area contributed by atoms with Gasteiger partial charge in [-0.3, -0.25) is 0 Å². The van der Waals surface area contributed by atoms with E-state index in [1.165, 1.54) is 0 Å². The third-order valence-corrected chi connectivity index (χ3v) is 3.75. The molecule has 1 aromatic rings. The molecule has 0 spiro atoms. The lowest BCUT2D eigenvalue weighted by Crippen LogP contribution is -2.42. The Hall–Kier alpha value is -1.95. The highest BCUT2D eigenvalue weighted by Crippen LogP contribution is 2.37. The summed E-state index contributed by atoms with van der Waals surface area (Å²) >= 11 is 0. The van der Waals surface area contributed by atoms with Gasteiger partial charge < -0.3 is 24.8 Å². The average Bonchev–Trinajstić information content (AvgIpc) is 2.91. The number of alkyl carbamates (subject to hydrolysis) is 1. The molecule has 2 N–H and O–H groups in total. The number of rotatable bonds is 4. The van der Waals surface area contributed by atoms with Crippen molar-refractivity contribution in [3.05, 3.63) is 23.8 Å². The third kappa shape index (κ3) is 4.28. The van der Waals surface area contributed by atoms with Crippen LogP contribution in [-0.2, 0) is 4.74 Å². The van der Waals surface area contributed by atoms with Gasteiger partial charge in [0.1, 0.15) is 5.60 Å². The second-order valence-corrected chi connectivity index (χ2v) is 6.60. The lowest BCUT2D eigenvalue weighted by molar-refractivity contribution is 0.0504. The van der Waals surface area contributed by atoms with Crippen LogP contribution in [0.3, 0.4) is 0 Å². The standard InChI is InChI=1S/C17H26N2O4/c1-17(2,3)23-16(20)19-13-10-18-9-12(13)11-7-6-8-14(21-4)15(11)22-5/h6-8,12-13,18H,9-10H2,1-5H3,(H,19,20)/t12-,13+/m0/s1. The highest BCUT2D eigenvalue weighted by molar-refractivity contribution is 5.68. The fraction of sp³-hybridized carbons (Fsp3) is 0.588. The van der Waals surface area contributed by atoms with Crippen LogP contribution in [0.2, 0.25) is 0 Å². The minimum absolute atomic E-state index is 0.0640. The summed E-state index contributed by atoms with van der Waals surface area (Å²) in [6.07, 6.45) is -0.405. The predicted molar refractivity (Wildman–Crippen MR) is 88.3 cm³/mol. The molecule has 0 unspecified atom stereocenters. The Labute approximate surface area is 137 Å². The van der Waals surface area contributed by atoms with Gasteiger partial charge in [-0.25, -0.2) is 4.79 Å². The van der Waals surface area contributed by atoms with Crippen LogP contribution in [0.4, 0.5) is 4.79 Å². The smallest absolute Gasteiger partial charge is 0.407 e. The van der Waals surface area contributed by atoms with Crippen molar-refractivity contribution in [3.8, 4) is 11.5 Å². The summed E-state index contributed by atoms with van der Waals surface area (Å²) in [5.41, 5.74) is 0.497. The monoisotopic (exact) mass is 322 g/mol. The van der Waals surface area contributed by atoms with E-state index < -0.39 is 11.7 Å². The molecule has 1 saturated heterocycles. The first-order valence-electron chi connectivity index (χ1n) is 7.77. The van der Waals surface area contributed by atoms with Crippen molar-refractivity contribution in [3.63, 3.8) is 0 Å². The van der Waals surface area contributed by atoms with Crippen LogP contribution < -0.4 is 20.1 Å². The van der Waals surface area contributed by atoms with Gasteiger partial charge in [0.25, 0.3) is 0 Å². The van der Waals surface area contributed by atoms with Gasteiger partial charge in [0, 0.05) is 24.6 Å². The molecule has 0 aliphatic carbocycles. The molecule has 1 fully saturated rings. The predicted octanol–water partition coefficient (Wildman–Crippen LogP) is 2.28. The Balaban J connectivity index is 2.18. The van der Waals surface area contributed by atoms with Gasteiger partial charge in [-0.2, -0.15) is 0 Å². The molecular formula is C17H26N2O4. The largest absolute Gasteiger partial charge is 0.493 e. The van der Waals surface area contributed by atoms with Gasteiger partial charge in [0.15, 0.2) is 11.5 Å². The number of carbonyl (C=O) groups is 1. The van der Waals surface area contributed by atoms with Crippen LogP contribution in [0.1, 0.15) is 32.3 Å². The number of nitrogens with one attached hydrogen (secondary N) is 2. The van der Waals surface area contributed by atoms with E-state index in [2.05, 4.69) is 10.6 Å². The van der Waals surface area contributed by atoms with Gasteiger partial charge in [-0.15, -0.1) is 0 Å². The van der Waals surface area contributed by atoms with E-state index in [0.717, 1.165) is 12.1 Å². The van der Waals surface area contributed by atoms with Crippen LogP contribution >= 0.6 is 0 Å². The molecule has 23 heavy (non-hydrogen) atoms. The van der Waals surface area contributed by atoms with Crippen molar-refractivity contribution in [2.24, 2.45) is 0 Å². The Morgan fingerprint density at radius 1 is 1.22 bits per heavy atom. The lowest BCUT2D eigenvalue weighted by Gasteiger charge is -2.25. The Morgan fingerprint density at radius 3 is 2.57 bits per heavy atom. The van der Waals surface area contributed by atoms with Gasteiger partial charge in [0.2, 0.25) is 0 Å². The summed E-state index contributed by atoms with van der Waals surface area (Å²) in [5, 5.41) is 6.26. The Kier molecular flexibility index (Phi) is 5.36. The molecular weight excluding hydrogens is 296 g/mol. The zero-order chi connectivity index (χ0) is 17.0. The number of ether oxygens (including phenoxy) is 3. The van der Waals surface area contributed by atoms with E-state index in [1.54, 1.807) is 14.2 Å². The summed E-state index contributed by atoms with van der Waals surface area (Å²) in [5.74, 6) is 1.49. The fourth-order valence-corrected chi connectivity index (χ4v) is 2.82. The molecule has 2 atom stereocenters.